The first kappa shape index (κ1) is 24.0. The van der Waals surface area contributed by atoms with Crippen molar-refractivity contribution < 1.29 is 19.1 Å². The fourth-order valence-corrected chi connectivity index (χ4v) is 4.26. The summed E-state index contributed by atoms with van der Waals surface area (Å²) in [5, 5.41) is 0. The van der Waals surface area contributed by atoms with Crippen molar-refractivity contribution in [3.63, 3.8) is 0 Å². The summed E-state index contributed by atoms with van der Waals surface area (Å²) in [5.74, 6) is -0.116. The van der Waals surface area contributed by atoms with Gasteiger partial charge in [0.2, 0.25) is 0 Å². The highest BCUT2D eigenvalue weighted by Gasteiger charge is 2.49. The van der Waals surface area contributed by atoms with Gasteiger partial charge in [0.15, 0.2) is 0 Å². The molecule has 0 amide bonds. The Morgan fingerprint density at radius 3 is 1.93 bits per heavy atom. The number of carbonyl (C=O) groups excluding carboxylic acids is 2. The second-order valence-electron chi connectivity index (χ2n) is 8.19. The highest BCUT2D eigenvalue weighted by Crippen LogP contribution is 2.47. The van der Waals surface area contributed by atoms with Crippen LogP contribution >= 0.6 is 0 Å². The van der Waals surface area contributed by atoms with E-state index in [1.807, 2.05) is 0 Å². The largest absolute Gasteiger partial charge is 0.466 e. The van der Waals surface area contributed by atoms with Crippen LogP contribution < -0.4 is 0 Å². The Kier molecular flexibility index (Phi) is 12.4. The minimum absolute atomic E-state index is 0.149. The Hall–Kier alpha value is -1.06. The molecular formula is C23H42O4. The average molecular weight is 383 g/mol. The van der Waals surface area contributed by atoms with Gasteiger partial charge < -0.3 is 9.47 Å². The van der Waals surface area contributed by atoms with Crippen LogP contribution in [0.3, 0.4) is 0 Å². The summed E-state index contributed by atoms with van der Waals surface area (Å²) >= 11 is 0. The monoisotopic (exact) mass is 382 g/mol. The lowest BCUT2D eigenvalue weighted by molar-refractivity contribution is -0.168. The summed E-state index contributed by atoms with van der Waals surface area (Å²) < 4.78 is 11.2. The van der Waals surface area contributed by atoms with Gasteiger partial charge in [-0.25, -0.2) is 0 Å². The van der Waals surface area contributed by atoms with Crippen molar-refractivity contribution >= 4 is 11.9 Å². The predicted octanol–water partition coefficient (Wildman–Crippen LogP) is 6.21. The molecule has 1 aliphatic carbocycles. The van der Waals surface area contributed by atoms with Crippen LogP contribution in [-0.4, -0.2) is 25.2 Å². The van der Waals surface area contributed by atoms with Crippen LogP contribution in [-0.2, 0) is 19.1 Å². The zero-order valence-electron chi connectivity index (χ0n) is 18.0. The molecule has 0 saturated heterocycles. The highest BCUT2D eigenvalue weighted by atomic mass is 16.5. The lowest BCUT2D eigenvalue weighted by Gasteiger charge is -2.36. The third-order valence-electron chi connectivity index (χ3n) is 5.97. The van der Waals surface area contributed by atoms with Gasteiger partial charge in [0, 0.05) is 0 Å². The standard InChI is InChI=1S/C23H42O4/c1-4-7-12-17-26-21(24)19-23(16-9-6-3,20-14-10-11-15-20)22(25)27-18-13-8-5-2/h20H,4-19H2,1-3H3. The van der Waals surface area contributed by atoms with Crippen molar-refractivity contribution in [2.45, 2.75) is 111 Å². The van der Waals surface area contributed by atoms with Gasteiger partial charge in [-0.05, 0) is 38.0 Å². The zero-order chi connectivity index (χ0) is 20.0. The van der Waals surface area contributed by atoms with Crippen LogP contribution in [0.25, 0.3) is 0 Å². The molecule has 1 saturated carbocycles. The maximum atomic E-state index is 13.2. The van der Waals surface area contributed by atoms with Crippen molar-refractivity contribution in [3.05, 3.63) is 0 Å². The summed E-state index contributed by atoms with van der Waals surface area (Å²) in [6.45, 7) is 7.34. The summed E-state index contributed by atoms with van der Waals surface area (Å²) in [6, 6.07) is 0. The van der Waals surface area contributed by atoms with Gasteiger partial charge in [-0.2, -0.15) is 0 Å². The van der Waals surface area contributed by atoms with Crippen molar-refractivity contribution in [1.82, 2.24) is 0 Å². The zero-order valence-corrected chi connectivity index (χ0v) is 18.0. The van der Waals surface area contributed by atoms with Crippen LogP contribution in [0, 0.1) is 11.3 Å². The topological polar surface area (TPSA) is 52.6 Å². The molecule has 1 rings (SSSR count). The van der Waals surface area contributed by atoms with E-state index in [1.54, 1.807) is 0 Å². The highest BCUT2D eigenvalue weighted by molar-refractivity contribution is 5.84. The van der Waals surface area contributed by atoms with Gasteiger partial charge in [0.25, 0.3) is 0 Å². The average Bonchev–Trinajstić information content (AvgIpc) is 3.21. The van der Waals surface area contributed by atoms with E-state index in [1.165, 1.54) is 0 Å². The van der Waals surface area contributed by atoms with Crippen molar-refractivity contribution in [2.24, 2.45) is 11.3 Å². The summed E-state index contributed by atoms with van der Waals surface area (Å²) in [6.07, 6.45) is 13.4. The van der Waals surface area contributed by atoms with Gasteiger partial charge >= 0.3 is 11.9 Å². The molecule has 0 N–H and O–H groups in total. The number of hydrogen-bond donors (Lipinski definition) is 0. The van der Waals surface area contributed by atoms with Crippen molar-refractivity contribution in [2.75, 3.05) is 13.2 Å². The summed E-state index contributed by atoms with van der Waals surface area (Å²) in [7, 11) is 0. The number of hydrogen-bond acceptors (Lipinski definition) is 4. The van der Waals surface area contributed by atoms with E-state index in [4.69, 9.17) is 9.47 Å². The lowest BCUT2D eigenvalue weighted by Crippen LogP contribution is -2.42. The van der Waals surface area contributed by atoms with Crippen LogP contribution in [0.5, 0.6) is 0 Å². The molecule has 0 aromatic rings. The molecule has 0 aromatic carbocycles. The fraction of sp³-hybridized carbons (Fsp3) is 0.913. The second kappa shape index (κ2) is 14.0. The quantitative estimate of drug-likeness (QED) is 0.249. The van der Waals surface area contributed by atoms with E-state index >= 15 is 0 Å². The van der Waals surface area contributed by atoms with Crippen molar-refractivity contribution in [3.8, 4) is 0 Å². The third kappa shape index (κ3) is 8.23. The fourth-order valence-electron chi connectivity index (χ4n) is 4.26. The van der Waals surface area contributed by atoms with E-state index in [2.05, 4.69) is 20.8 Å². The van der Waals surface area contributed by atoms with E-state index in [9.17, 15) is 9.59 Å². The molecule has 0 heterocycles. The number of rotatable bonds is 15. The Morgan fingerprint density at radius 1 is 0.815 bits per heavy atom. The summed E-state index contributed by atoms with van der Waals surface area (Å²) in [5.41, 5.74) is -0.680. The molecule has 158 valence electrons. The van der Waals surface area contributed by atoms with E-state index < -0.39 is 5.41 Å². The molecule has 1 aliphatic rings. The smallest absolute Gasteiger partial charge is 0.312 e. The van der Waals surface area contributed by atoms with Crippen LogP contribution in [0.2, 0.25) is 0 Å². The second-order valence-corrected chi connectivity index (χ2v) is 8.19. The number of esters is 2. The summed E-state index contributed by atoms with van der Waals surface area (Å²) in [4.78, 5) is 25.8. The Balaban J connectivity index is 2.82. The molecule has 1 atom stereocenters. The van der Waals surface area contributed by atoms with Gasteiger partial charge in [0.1, 0.15) is 0 Å². The van der Waals surface area contributed by atoms with E-state index in [0.717, 1.165) is 83.5 Å². The first-order valence-electron chi connectivity index (χ1n) is 11.4. The third-order valence-corrected chi connectivity index (χ3v) is 5.97. The molecular weight excluding hydrogens is 340 g/mol. The van der Waals surface area contributed by atoms with E-state index in [-0.39, 0.29) is 24.3 Å². The van der Waals surface area contributed by atoms with Crippen molar-refractivity contribution in [1.29, 1.82) is 0 Å². The minimum atomic E-state index is -0.680. The maximum Gasteiger partial charge on any atom is 0.312 e. The lowest BCUT2D eigenvalue weighted by atomic mass is 9.68. The molecule has 0 radical (unpaired) electrons. The Labute approximate surface area is 166 Å². The molecule has 0 aliphatic heterocycles. The van der Waals surface area contributed by atoms with Gasteiger partial charge in [-0.1, -0.05) is 72.1 Å². The Bertz CT molecular complexity index is 415. The number of ether oxygens (including phenoxy) is 2. The SMILES string of the molecule is CCCCCOC(=O)CC(CCCC)(C(=O)OCCCCC)C1CCCC1. The van der Waals surface area contributed by atoms with Gasteiger partial charge in [0.05, 0.1) is 25.0 Å². The van der Waals surface area contributed by atoms with Crippen LogP contribution in [0.4, 0.5) is 0 Å². The minimum Gasteiger partial charge on any atom is -0.466 e. The normalized spacial score (nSPS) is 16.9. The predicted molar refractivity (Wildman–Crippen MR) is 110 cm³/mol. The van der Waals surface area contributed by atoms with Crippen LogP contribution in [0.1, 0.15) is 111 Å². The molecule has 4 nitrogen and oxygen atoms in total. The number of unbranched alkanes of at least 4 members (excludes halogenated alkanes) is 5. The molecule has 0 aromatic heterocycles. The van der Waals surface area contributed by atoms with Gasteiger partial charge in [-0.3, -0.25) is 9.59 Å². The molecule has 27 heavy (non-hydrogen) atoms. The maximum absolute atomic E-state index is 13.2. The molecule has 1 fully saturated rings. The van der Waals surface area contributed by atoms with Gasteiger partial charge in [-0.15, -0.1) is 0 Å². The molecule has 1 unspecified atom stereocenters. The molecule has 4 heteroatoms. The van der Waals surface area contributed by atoms with E-state index in [0.29, 0.717) is 13.2 Å². The number of carbonyl (C=O) groups is 2. The van der Waals surface area contributed by atoms with Crippen LogP contribution in [0.15, 0.2) is 0 Å². The molecule has 0 bridgehead atoms. The first-order chi connectivity index (χ1) is 13.1. The first-order valence-corrected chi connectivity index (χ1v) is 11.4. The Morgan fingerprint density at radius 2 is 1.37 bits per heavy atom. The molecule has 0 spiro atoms.